The molecule has 0 aliphatic carbocycles. The molecule has 2 rings (SSSR count). The van der Waals surface area contributed by atoms with Crippen molar-refractivity contribution in [3.8, 4) is 17.2 Å². The van der Waals surface area contributed by atoms with Crippen LogP contribution < -0.4 is 25.0 Å². The van der Waals surface area contributed by atoms with E-state index in [0.717, 1.165) is 5.56 Å². The van der Waals surface area contributed by atoms with E-state index < -0.39 is 0 Å². The number of amides is 1. The summed E-state index contributed by atoms with van der Waals surface area (Å²) in [5, 5.41) is 2.73. The average Bonchev–Trinajstić information content (AvgIpc) is 2.70. The second-order valence-electron chi connectivity index (χ2n) is 6.79. The molecule has 0 fully saturated rings. The summed E-state index contributed by atoms with van der Waals surface area (Å²) in [7, 11) is 1.57. The quantitative estimate of drug-likeness (QED) is 0.598. The van der Waals surface area contributed by atoms with Gasteiger partial charge >= 0.3 is 0 Å². The first-order valence-corrected chi connectivity index (χ1v) is 9.54. The third kappa shape index (κ3) is 7.03. The number of hydrogen-bond acceptors (Lipinski definition) is 5. The molecule has 0 aliphatic heterocycles. The number of nitrogens with one attached hydrogen (secondary N) is 2. The number of hydrogen-bond donors (Lipinski definition) is 2. The fourth-order valence-corrected chi connectivity index (χ4v) is 2.45. The van der Waals surface area contributed by atoms with E-state index in [2.05, 4.69) is 10.3 Å². The Morgan fingerprint density at radius 2 is 1.97 bits per heavy atom. The van der Waals surface area contributed by atoms with Crippen LogP contribution in [0.2, 0.25) is 0 Å². The summed E-state index contributed by atoms with van der Waals surface area (Å²) in [4.78, 5) is 27.1. The SMILES string of the molecule is CCOc1ccc(/C=C/C(=O)NCc2cc(=O)c(OCC(C)C)c[nH]2)cc1OC. The van der Waals surface area contributed by atoms with Crippen molar-refractivity contribution in [3.05, 3.63) is 58.0 Å². The van der Waals surface area contributed by atoms with Crippen molar-refractivity contribution < 1.29 is 19.0 Å². The van der Waals surface area contributed by atoms with E-state index in [9.17, 15) is 9.59 Å². The van der Waals surface area contributed by atoms with Gasteiger partial charge in [0.05, 0.1) is 26.9 Å². The molecule has 0 unspecified atom stereocenters. The molecule has 0 bridgehead atoms. The second-order valence-corrected chi connectivity index (χ2v) is 6.79. The van der Waals surface area contributed by atoms with Crippen molar-refractivity contribution in [1.29, 1.82) is 0 Å². The van der Waals surface area contributed by atoms with Gasteiger partial charge in [0.25, 0.3) is 0 Å². The van der Waals surface area contributed by atoms with Gasteiger partial charge in [-0.05, 0) is 36.6 Å². The molecule has 7 heteroatoms. The number of ether oxygens (including phenoxy) is 3. The largest absolute Gasteiger partial charge is 0.493 e. The Labute approximate surface area is 170 Å². The highest BCUT2D eigenvalue weighted by Gasteiger charge is 2.06. The maximum absolute atomic E-state index is 12.1. The van der Waals surface area contributed by atoms with E-state index >= 15 is 0 Å². The van der Waals surface area contributed by atoms with E-state index in [1.807, 2.05) is 26.8 Å². The van der Waals surface area contributed by atoms with Crippen molar-refractivity contribution in [2.75, 3.05) is 20.3 Å². The summed E-state index contributed by atoms with van der Waals surface area (Å²) in [5.41, 5.74) is 1.18. The Hall–Kier alpha value is -3.22. The van der Waals surface area contributed by atoms with Gasteiger partial charge in [-0.25, -0.2) is 0 Å². The van der Waals surface area contributed by atoms with Crippen LogP contribution in [0.4, 0.5) is 0 Å². The molecular weight excluding hydrogens is 372 g/mol. The third-order valence-electron chi connectivity index (χ3n) is 3.88. The minimum absolute atomic E-state index is 0.204. The van der Waals surface area contributed by atoms with E-state index in [1.54, 1.807) is 25.3 Å². The smallest absolute Gasteiger partial charge is 0.244 e. The van der Waals surface area contributed by atoms with Crippen LogP contribution in [0, 0.1) is 5.92 Å². The first-order chi connectivity index (χ1) is 13.9. The highest BCUT2D eigenvalue weighted by atomic mass is 16.5. The lowest BCUT2D eigenvalue weighted by atomic mass is 10.2. The van der Waals surface area contributed by atoms with Gasteiger partial charge in [-0.1, -0.05) is 19.9 Å². The molecule has 1 heterocycles. The lowest BCUT2D eigenvalue weighted by Gasteiger charge is -2.09. The van der Waals surface area contributed by atoms with Crippen LogP contribution in [-0.4, -0.2) is 31.2 Å². The Morgan fingerprint density at radius 3 is 2.62 bits per heavy atom. The summed E-state index contributed by atoms with van der Waals surface area (Å²) in [6.07, 6.45) is 4.63. The van der Waals surface area contributed by atoms with E-state index in [0.29, 0.717) is 36.3 Å². The first-order valence-electron chi connectivity index (χ1n) is 9.54. The molecule has 2 aromatic rings. The lowest BCUT2D eigenvalue weighted by molar-refractivity contribution is -0.116. The fraction of sp³-hybridized carbons (Fsp3) is 0.364. The molecule has 156 valence electrons. The van der Waals surface area contributed by atoms with Crippen molar-refractivity contribution in [2.24, 2.45) is 5.92 Å². The van der Waals surface area contributed by atoms with Gasteiger partial charge in [0.2, 0.25) is 11.3 Å². The average molecular weight is 400 g/mol. The van der Waals surface area contributed by atoms with Crippen LogP contribution in [-0.2, 0) is 11.3 Å². The minimum Gasteiger partial charge on any atom is -0.493 e. The second kappa shape index (κ2) is 10.9. The minimum atomic E-state index is -0.279. The van der Waals surface area contributed by atoms with Gasteiger partial charge in [0.1, 0.15) is 0 Å². The zero-order chi connectivity index (χ0) is 21.2. The number of aromatic nitrogens is 1. The standard InChI is InChI=1S/C22H28N2O5/c1-5-28-19-8-6-16(10-20(19)27-4)7-9-22(26)24-12-17-11-18(25)21(13-23-17)29-14-15(2)3/h6-11,13,15H,5,12,14H2,1-4H3,(H,23,25)(H,24,26)/b9-7+. The maximum atomic E-state index is 12.1. The number of benzene rings is 1. The first kappa shape index (κ1) is 22.1. The zero-order valence-electron chi connectivity index (χ0n) is 17.3. The molecule has 0 aliphatic rings. The summed E-state index contributed by atoms with van der Waals surface area (Å²) in [5.74, 6) is 1.58. The Morgan fingerprint density at radius 1 is 1.17 bits per heavy atom. The molecule has 1 aromatic heterocycles. The van der Waals surface area contributed by atoms with E-state index in [4.69, 9.17) is 14.2 Å². The van der Waals surface area contributed by atoms with Crippen LogP contribution in [0.5, 0.6) is 17.2 Å². The molecule has 0 atom stereocenters. The molecular formula is C22H28N2O5. The van der Waals surface area contributed by atoms with Crippen LogP contribution in [0.3, 0.4) is 0 Å². The predicted molar refractivity (Wildman–Crippen MR) is 112 cm³/mol. The predicted octanol–water partition coefficient (Wildman–Crippen LogP) is 3.15. The molecule has 2 N–H and O–H groups in total. The van der Waals surface area contributed by atoms with Crippen LogP contribution in [0.1, 0.15) is 32.0 Å². The third-order valence-corrected chi connectivity index (χ3v) is 3.88. The Bertz CT molecular complexity index is 902. The fourth-order valence-electron chi connectivity index (χ4n) is 2.45. The Kier molecular flexibility index (Phi) is 8.33. The molecule has 0 spiro atoms. The van der Waals surface area contributed by atoms with Gasteiger partial charge in [-0.3, -0.25) is 9.59 Å². The van der Waals surface area contributed by atoms with Gasteiger partial charge in [-0.15, -0.1) is 0 Å². The molecule has 1 aromatic carbocycles. The van der Waals surface area contributed by atoms with Gasteiger partial charge in [-0.2, -0.15) is 0 Å². The normalized spacial score (nSPS) is 10.9. The number of aromatic amines is 1. The van der Waals surface area contributed by atoms with Crippen LogP contribution in [0.25, 0.3) is 6.08 Å². The zero-order valence-corrected chi connectivity index (χ0v) is 17.3. The summed E-state index contributed by atoms with van der Waals surface area (Å²) < 4.78 is 16.2. The highest BCUT2D eigenvalue weighted by molar-refractivity contribution is 5.91. The van der Waals surface area contributed by atoms with Crippen LogP contribution >= 0.6 is 0 Å². The number of methoxy groups -OCH3 is 1. The highest BCUT2D eigenvalue weighted by Crippen LogP contribution is 2.28. The molecule has 0 radical (unpaired) electrons. The molecule has 7 nitrogen and oxygen atoms in total. The molecule has 29 heavy (non-hydrogen) atoms. The number of H-pyrrole nitrogens is 1. The topological polar surface area (TPSA) is 89.6 Å². The molecule has 0 saturated carbocycles. The van der Waals surface area contributed by atoms with Gasteiger partial charge in [0, 0.05) is 24.0 Å². The van der Waals surface area contributed by atoms with Gasteiger partial charge in [0.15, 0.2) is 17.2 Å². The number of carbonyl (C=O) groups excluding carboxylic acids is 1. The van der Waals surface area contributed by atoms with Crippen molar-refractivity contribution >= 4 is 12.0 Å². The van der Waals surface area contributed by atoms with Crippen molar-refractivity contribution in [3.63, 3.8) is 0 Å². The van der Waals surface area contributed by atoms with Gasteiger partial charge < -0.3 is 24.5 Å². The van der Waals surface area contributed by atoms with Crippen molar-refractivity contribution in [1.82, 2.24) is 10.3 Å². The summed E-state index contributed by atoms with van der Waals surface area (Å²) in [6, 6.07) is 6.86. The summed E-state index contributed by atoms with van der Waals surface area (Å²) >= 11 is 0. The molecule has 0 saturated heterocycles. The lowest BCUT2D eigenvalue weighted by Crippen LogP contribution is -2.22. The number of rotatable bonds is 10. The van der Waals surface area contributed by atoms with Crippen LogP contribution in [0.15, 0.2) is 41.3 Å². The maximum Gasteiger partial charge on any atom is 0.244 e. The van der Waals surface area contributed by atoms with E-state index in [1.165, 1.54) is 18.3 Å². The number of pyridine rings is 1. The summed E-state index contributed by atoms with van der Waals surface area (Å²) in [6.45, 7) is 7.14. The number of carbonyl (C=O) groups is 1. The van der Waals surface area contributed by atoms with Crippen molar-refractivity contribution in [2.45, 2.75) is 27.3 Å². The van der Waals surface area contributed by atoms with E-state index in [-0.39, 0.29) is 23.6 Å². The monoisotopic (exact) mass is 400 g/mol. The Balaban J connectivity index is 1.92. The molecule has 1 amide bonds.